The molecule has 0 amide bonds. The van der Waals surface area contributed by atoms with Crippen LogP contribution < -0.4 is 0 Å². The van der Waals surface area contributed by atoms with Gasteiger partial charge in [0.05, 0.1) is 0 Å². The summed E-state index contributed by atoms with van der Waals surface area (Å²) < 4.78 is 0. The highest BCUT2D eigenvalue weighted by Crippen LogP contribution is 2.18. The van der Waals surface area contributed by atoms with E-state index in [4.69, 9.17) is 5.11 Å². The van der Waals surface area contributed by atoms with Gasteiger partial charge < -0.3 is 5.11 Å². The van der Waals surface area contributed by atoms with Crippen molar-refractivity contribution in [1.82, 2.24) is 0 Å². The Morgan fingerprint density at radius 2 is 2.30 bits per heavy atom. The zero-order valence-electron chi connectivity index (χ0n) is 5.70. The van der Waals surface area contributed by atoms with Crippen molar-refractivity contribution in [2.75, 3.05) is 0 Å². The molecule has 0 saturated heterocycles. The van der Waals surface area contributed by atoms with E-state index in [0.29, 0.717) is 5.84 Å². The van der Waals surface area contributed by atoms with Crippen molar-refractivity contribution in [1.29, 1.82) is 0 Å². The number of carbonyl (C=O) groups is 1. The molecule has 1 unspecified atom stereocenters. The van der Waals surface area contributed by atoms with Gasteiger partial charge >= 0.3 is 5.97 Å². The van der Waals surface area contributed by atoms with Crippen LogP contribution in [0.15, 0.2) is 15.2 Å². The number of carboxylic acids is 1. The van der Waals surface area contributed by atoms with Crippen LogP contribution in [-0.2, 0) is 4.79 Å². The highest BCUT2D eigenvalue weighted by atomic mass is 16.4. The van der Waals surface area contributed by atoms with E-state index in [1.54, 1.807) is 6.92 Å². The molecule has 0 saturated carbocycles. The Kier molecular flexibility index (Phi) is 1.28. The lowest BCUT2D eigenvalue weighted by Gasteiger charge is -2.06. The standard InChI is InChI=1S/C5H7N3O2/c1-3-6-5(2,4(9)10)8-7-3/h1-2H3,(H,9,10). The first-order valence-electron chi connectivity index (χ1n) is 2.77. The Hall–Kier alpha value is -1.26. The van der Waals surface area contributed by atoms with E-state index in [1.165, 1.54) is 6.92 Å². The lowest BCUT2D eigenvalue weighted by molar-refractivity contribution is -0.142. The van der Waals surface area contributed by atoms with E-state index < -0.39 is 11.6 Å². The van der Waals surface area contributed by atoms with Crippen LogP contribution in [0.5, 0.6) is 0 Å². The van der Waals surface area contributed by atoms with Gasteiger partial charge in [-0.3, -0.25) is 0 Å². The molecule has 5 nitrogen and oxygen atoms in total. The van der Waals surface area contributed by atoms with Crippen molar-refractivity contribution in [2.45, 2.75) is 19.5 Å². The van der Waals surface area contributed by atoms with Gasteiger partial charge in [-0.2, -0.15) is 0 Å². The number of nitrogens with zero attached hydrogens (tertiary/aromatic N) is 3. The molecule has 0 radical (unpaired) electrons. The maximum atomic E-state index is 10.4. The molecule has 0 aliphatic carbocycles. The van der Waals surface area contributed by atoms with Crippen LogP contribution in [-0.4, -0.2) is 22.6 Å². The van der Waals surface area contributed by atoms with Crippen molar-refractivity contribution < 1.29 is 9.90 Å². The fourth-order valence-corrected chi connectivity index (χ4v) is 0.620. The first-order chi connectivity index (χ1) is 4.54. The van der Waals surface area contributed by atoms with Crippen LogP contribution in [0.1, 0.15) is 13.8 Å². The molecule has 0 aromatic rings. The number of hydrogen-bond acceptors (Lipinski definition) is 4. The minimum Gasteiger partial charge on any atom is -0.478 e. The highest BCUT2D eigenvalue weighted by molar-refractivity contribution is 5.88. The molecule has 1 heterocycles. The van der Waals surface area contributed by atoms with Gasteiger partial charge in [-0.05, 0) is 13.8 Å². The monoisotopic (exact) mass is 141 g/mol. The number of amidine groups is 1. The van der Waals surface area contributed by atoms with Crippen LogP contribution >= 0.6 is 0 Å². The molecule has 1 N–H and O–H groups in total. The largest absolute Gasteiger partial charge is 0.478 e. The summed E-state index contributed by atoms with van der Waals surface area (Å²) in [6.07, 6.45) is 0. The Bertz CT molecular complexity index is 233. The molecule has 0 fully saturated rings. The van der Waals surface area contributed by atoms with Gasteiger partial charge in [0.15, 0.2) is 0 Å². The molecular formula is C5H7N3O2. The normalized spacial score (nSPS) is 30.4. The number of carboxylic acid groups (broad SMARTS) is 1. The van der Waals surface area contributed by atoms with E-state index in [1.807, 2.05) is 0 Å². The second-order valence-corrected chi connectivity index (χ2v) is 2.18. The molecule has 54 valence electrons. The Morgan fingerprint density at radius 1 is 1.70 bits per heavy atom. The predicted molar refractivity (Wildman–Crippen MR) is 34.0 cm³/mol. The average Bonchev–Trinajstić information content (AvgIpc) is 2.13. The van der Waals surface area contributed by atoms with Gasteiger partial charge in [0.25, 0.3) is 5.66 Å². The van der Waals surface area contributed by atoms with Crippen LogP contribution in [0, 0.1) is 0 Å². The van der Waals surface area contributed by atoms with Crippen LogP contribution in [0.4, 0.5) is 0 Å². The Balaban J connectivity index is 2.95. The zero-order chi connectivity index (χ0) is 7.78. The molecule has 10 heavy (non-hydrogen) atoms. The summed E-state index contributed by atoms with van der Waals surface area (Å²) in [6.45, 7) is 3.01. The summed E-state index contributed by atoms with van der Waals surface area (Å²) >= 11 is 0. The summed E-state index contributed by atoms with van der Waals surface area (Å²) in [5.41, 5.74) is -1.37. The number of azo groups is 1. The lowest BCUT2D eigenvalue weighted by atomic mass is 10.2. The summed E-state index contributed by atoms with van der Waals surface area (Å²) in [5.74, 6) is -0.669. The maximum Gasteiger partial charge on any atom is 0.356 e. The van der Waals surface area contributed by atoms with Crippen molar-refractivity contribution in [3.63, 3.8) is 0 Å². The third-order valence-corrected chi connectivity index (χ3v) is 1.17. The summed E-state index contributed by atoms with van der Waals surface area (Å²) in [4.78, 5) is 14.1. The van der Waals surface area contributed by atoms with Crippen molar-refractivity contribution >= 4 is 11.8 Å². The molecular weight excluding hydrogens is 134 g/mol. The molecule has 0 spiro atoms. The number of aliphatic carboxylic acids is 1. The lowest BCUT2D eigenvalue weighted by Crippen LogP contribution is -2.28. The molecule has 1 atom stereocenters. The summed E-state index contributed by atoms with van der Waals surface area (Å²) in [7, 11) is 0. The number of hydrogen-bond donors (Lipinski definition) is 1. The minimum atomic E-state index is -1.37. The van der Waals surface area contributed by atoms with E-state index in [2.05, 4.69) is 15.2 Å². The van der Waals surface area contributed by atoms with E-state index in [0.717, 1.165) is 0 Å². The fourth-order valence-electron chi connectivity index (χ4n) is 0.620. The van der Waals surface area contributed by atoms with Crippen LogP contribution in [0.3, 0.4) is 0 Å². The molecule has 0 aromatic carbocycles. The van der Waals surface area contributed by atoms with E-state index in [-0.39, 0.29) is 0 Å². The van der Waals surface area contributed by atoms with Crippen molar-refractivity contribution in [3.8, 4) is 0 Å². The van der Waals surface area contributed by atoms with Gasteiger partial charge in [-0.15, -0.1) is 10.2 Å². The Morgan fingerprint density at radius 3 is 2.50 bits per heavy atom. The summed E-state index contributed by atoms with van der Waals surface area (Å²) in [5, 5.41) is 15.5. The van der Waals surface area contributed by atoms with Gasteiger partial charge in [0.1, 0.15) is 5.84 Å². The third kappa shape index (κ3) is 0.896. The fraction of sp³-hybridized carbons (Fsp3) is 0.600. The van der Waals surface area contributed by atoms with Gasteiger partial charge in [-0.25, -0.2) is 9.79 Å². The molecule has 1 aliphatic heterocycles. The molecule has 1 aliphatic rings. The first kappa shape index (κ1) is 6.85. The number of aliphatic imine (C=N–C) groups is 1. The zero-order valence-corrected chi connectivity index (χ0v) is 5.70. The van der Waals surface area contributed by atoms with Crippen LogP contribution in [0.2, 0.25) is 0 Å². The topological polar surface area (TPSA) is 74.4 Å². The minimum absolute atomic E-state index is 0.407. The SMILES string of the molecule is CC1=NC(C)(C(=O)O)N=N1. The molecule has 0 aromatic heterocycles. The van der Waals surface area contributed by atoms with Gasteiger partial charge in [0.2, 0.25) is 0 Å². The highest BCUT2D eigenvalue weighted by Gasteiger charge is 2.35. The smallest absolute Gasteiger partial charge is 0.356 e. The maximum absolute atomic E-state index is 10.4. The van der Waals surface area contributed by atoms with Crippen molar-refractivity contribution in [2.24, 2.45) is 15.2 Å². The second kappa shape index (κ2) is 1.86. The molecule has 5 heteroatoms. The average molecular weight is 141 g/mol. The third-order valence-electron chi connectivity index (χ3n) is 1.17. The van der Waals surface area contributed by atoms with Crippen LogP contribution in [0.25, 0.3) is 0 Å². The second-order valence-electron chi connectivity index (χ2n) is 2.18. The first-order valence-corrected chi connectivity index (χ1v) is 2.77. The van der Waals surface area contributed by atoms with E-state index in [9.17, 15) is 4.79 Å². The van der Waals surface area contributed by atoms with Crippen molar-refractivity contribution in [3.05, 3.63) is 0 Å². The molecule has 0 bridgehead atoms. The summed E-state index contributed by atoms with van der Waals surface area (Å²) in [6, 6.07) is 0. The molecule has 1 rings (SSSR count). The van der Waals surface area contributed by atoms with Gasteiger partial charge in [0, 0.05) is 0 Å². The van der Waals surface area contributed by atoms with Gasteiger partial charge in [-0.1, -0.05) is 0 Å². The Labute approximate surface area is 57.5 Å². The van der Waals surface area contributed by atoms with E-state index >= 15 is 0 Å². The predicted octanol–water partition coefficient (Wildman–Crippen LogP) is 0.671. The number of rotatable bonds is 1. The quantitative estimate of drug-likeness (QED) is 0.582.